The monoisotopic (exact) mass is 249 g/mol. The van der Waals surface area contributed by atoms with E-state index in [9.17, 15) is 0 Å². The minimum Gasteiger partial charge on any atom is -0.384 e. The largest absolute Gasteiger partial charge is 0.384 e. The molecule has 3 heterocycles. The fraction of sp³-hybridized carbons (Fsp3) is 0. The predicted octanol–water partition coefficient (Wildman–Crippen LogP) is 2.18. The first-order valence-electron chi connectivity index (χ1n) is 5.77. The highest BCUT2D eigenvalue weighted by atomic mass is 14.8. The van der Waals surface area contributed by atoms with Gasteiger partial charge in [-0.05, 0) is 24.3 Å². The van der Waals surface area contributed by atoms with Crippen molar-refractivity contribution in [2.45, 2.75) is 0 Å². The van der Waals surface area contributed by atoms with Gasteiger partial charge < -0.3 is 5.73 Å². The number of nitrogens with zero attached hydrogens (tertiary/aromatic N) is 4. The zero-order valence-corrected chi connectivity index (χ0v) is 10.1. The van der Waals surface area contributed by atoms with Gasteiger partial charge in [-0.2, -0.15) is 0 Å². The van der Waals surface area contributed by atoms with Gasteiger partial charge in [0, 0.05) is 41.5 Å². The van der Waals surface area contributed by atoms with E-state index in [-0.39, 0.29) is 0 Å². The third-order valence-corrected chi connectivity index (χ3v) is 2.74. The van der Waals surface area contributed by atoms with Gasteiger partial charge in [-0.1, -0.05) is 0 Å². The van der Waals surface area contributed by atoms with E-state index in [4.69, 9.17) is 5.73 Å². The van der Waals surface area contributed by atoms with Crippen molar-refractivity contribution in [3.05, 3.63) is 55.4 Å². The summed E-state index contributed by atoms with van der Waals surface area (Å²) in [5.74, 6) is 0.479. The van der Waals surface area contributed by atoms with Gasteiger partial charge in [0.15, 0.2) is 0 Å². The minimum absolute atomic E-state index is 0.479. The lowest BCUT2D eigenvalue weighted by atomic mass is 10.0. The molecule has 5 nitrogen and oxygen atoms in total. The van der Waals surface area contributed by atoms with Gasteiger partial charge in [0.05, 0.1) is 5.69 Å². The van der Waals surface area contributed by atoms with Crippen LogP contribution in [-0.4, -0.2) is 19.9 Å². The summed E-state index contributed by atoms with van der Waals surface area (Å²) in [6.07, 6.45) is 8.47. The topological polar surface area (TPSA) is 77.6 Å². The summed E-state index contributed by atoms with van der Waals surface area (Å²) >= 11 is 0. The number of anilines is 1. The first kappa shape index (κ1) is 11.3. The number of nitrogen functional groups attached to an aromatic ring is 1. The second-order valence-electron chi connectivity index (χ2n) is 4.00. The fourth-order valence-corrected chi connectivity index (χ4v) is 1.88. The van der Waals surface area contributed by atoms with E-state index < -0.39 is 0 Å². The summed E-state index contributed by atoms with van der Waals surface area (Å²) in [7, 11) is 0. The second-order valence-corrected chi connectivity index (χ2v) is 4.00. The third kappa shape index (κ3) is 2.26. The Morgan fingerprint density at radius 1 is 0.789 bits per heavy atom. The Labute approximate surface area is 110 Å². The van der Waals surface area contributed by atoms with Gasteiger partial charge in [0.1, 0.15) is 12.1 Å². The molecule has 0 aliphatic rings. The number of aromatic nitrogens is 4. The van der Waals surface area contributed by atoms with Crippen molar-refractivity contribution >= 4 is 5.82 Å². The van der Waals surface area contributed by atoms with Crippen LogP contribution in [0.2, 0.25) is 0 Å². The maximum absolute atomic E-state index is 5.78. The van der Waals surface area contributed by atoms with E-state index in [0.29, 0.717) is 5.82 Å². The average molecular weight is 249 g/mol. The molecular weight excluding hydrogens is 238 g/mol. The van der Waals surface area contributed by atoms with Crippen LogP contribution in [0.15, 0.2) is 55.4 Å². The van der Waals surface area contributed by atoms with E-state index in [1.165, 1.54) is 6.33 Å². The van der Waals surface area contributed by atoms with Crippen LogP contribution >= 0.6 is 0 Å². The van der Waals surface area contributed by atoms with E-state index >= 15 is 0 Å². The first-order valence-corrected chi connectivity index (χ1v) is 5.77. The van der Waals surface area contributed by atoms with Crippen molar-refractivity contribution in [1.82, 2.24) is 19.9 Å². The Balaban J connectivity index is 2.21. The number of nitrogens with two attached hydrogens (primary N) is 1. The molecule has 3 rings (SSSR count). The smallest absolute Gasteiger partial charge is 0.124 e. The van der Waals surface area contributed by atoms with Gasteiger partial charge >= 0.3 is 0 Å². The molecule has 0 radical (unpaired) electrons. The highest BCUT2D eigenvalue weighted by Gasteiger charge is 2.09. The molecule has 0 fully saturated rings. The lowest BCUT2D eigenvalue weighted by Gasteiger charge is -2.09. The van der Waals surface area contributed by atoms with Crippen LogP contribution < -0.4 is 5.73 Å². The molecule has 0 aromatic carbocycles. The zero-order valence-electron chi connectivity index (χ0n) is 10.1. The highest BCUT2D eigenvalue weighted by molar-refractivity contribution is 5.80. The lowest BCUT2D eigenvalue weighted by Crippen LogP contribution is -1.95. The van der Waals surface area contributed by atoms with E-state index in [2.05, 4.69) is 19.9 Å². The van der Waals surface area contributed by atoms with Crippen LogP contribution in [0.4, 0.5) is 5.82 Å². The summed E-state index contributed by atoms with van der Waals surface area (Å²) in [5, 5.41) is 0. The van der Waals surface area contributed by atoms with Crippen LogP contribution in [0.3, 0.4) is 0 Å². The summed E-state index contributed by atoms with van der Waals surface area (Å²) in [5.41, 5.74) is 9.40. The molecule has 19 heavy (non-hydrogen) atoms. The quantitative estimate of drug-likeness (QED) is 0.753. The summed E-state index contributed by atoms with van der Waals surface area (Å²) in [4.78, 5) is 16.5. The van der Waals surface area contributed by atoms with Gasteiger partial charge in [0.2, 0.25) is 0 Å². The van der Waals surface area contributed by atoms with Crippen LogP contribution in [0.25, 0.3) is 22.4 Å². The van der Waals surface area contributed by atoms with Crippen molar-refractivity contribution in [1.29, 1.82) is 0 Å². The Hall–Kier alpha value is -2.82. The molecular formula is C14H11N5. The Kier molecular flexibility index (Phi) is 2.86. The molecule has 0 atom stereocenters. The molecule has 3 aromatic rings. The van der Waals surface area contributed by atoms with E-state index in [1.54, 1.807) is 30.9 Å². The third-order valence-electron chi connectivity index (χ3n) is 2.74. The predicted molar refractivity (Wildman–Crippen MR) is 72.9 cm³/mol. The molecule has 0 saturated heterocycles. The van der Waals surface area contributed by atoms with E-state index in [1.807, 2.05) is 18.2 Å². The van der Waals surface area contributed by atoms with Crippen LogP contribution in [0.1, 0.15) is 0 Å². The van der Waals surface area contributed by atoms with Gasteiger partial charge in [0.25, 0.3) is 0 Å². The first-order chi connectivity index (χ1) is 9.34. The van der Waals surface area contributed by atoms with E-state index in [0.717, 1.165) is 22.4 Å². The number of hydrogen-bond donors (Lipinski definition) is 1. The normalized spacial score (nSPS) is 10.3. The van der Waals surface area contributed by atoms with Crippen LogP contribution in [0.5, 0.6) is 0 Å². The fourth-order valence-electron chi connectivity index (χ4n) is 1.88. The molecule has 0 amide bonds. The molecule has 2 N–H and O–H groups in total. The lowest BCUT2D eigenvalue weighted by molar-refractivity contribution is 1.17. The SMILES string of the molecule is Nc1ccc(-c2cncnc2)c(-c2ccncc2)n1. The molecule has 3 aromatic heterocycles. The molecule has 0 bridgehead atoms. The average Bonchev–Trinajstić information content (AvgIpc) is 2.49. The molecule has 0 aliphatic carbocycles. The van der Waals surface area contributed by atoms with Gasteiger partial charge in [-0.25, -0.2) is 15.0 Å². The molecule has 0 unspecified atom stereocenters. The second kappa shape index (κ2) is 4.81. The summed E-state index contributed by atoms with van der Waals surface area (Å²) < 4.78 is 0. The van der Waals surface area contributed by atoms with Gasteiger partial charge in [-0.15, -0.1) is 0 Å². The van der Waals surface area contributed by atoms with Crippen molar-refractivity contribution in [3.8, 4) is 22.4 Å². The van der Waals surface area contributed by atoms with Crippen molar-refractivity contribution in [2.24, 2.45) is 0 Å². The number of rotatable bonds is 2. The maximum Gasteiger partial charge on any atom is 0.124 e. The minimum atomic E-state index is 0.479. The molecule has 0 aliphatic heterocycles. The molecule has 92 valence electrons. The summed E-state index contributed by atoms with van der Waals surface area (Å²) in [6, 6.07) is 7.49. The number of hydrogen-bond acceptors (Lipinski definition) is 5. The number of pyridine rings is 2. The van der Waals surface area contributed by atoms with Crippen LogP contribution in [0, 0.1) is 0 Å². The Morgan fingerprint density at radius 3 is 2.26 bits per heavy atom. The van der Waals surface area contributed by atoms with Crippen molar-refractivity contribution in [3.63, 3.8) is 0 Å². The Bertz CT molecular complexity index is 683. The molecule has 5 heteroatoms. The standard InChI is InChI=1S/C14H11N5/c15-13-2-1-12(11-7-17-9-18-8-11)14(19-13)10-3-5-16-6-4-10/h1-9H,(H2,15,19). The van der Waals surface area contributed by atoms with Crippen LogP contribution in [-0.2, 0) is 0 Å². The highest BCUT2D eigenvalue weighted by Crippen LogP contribution is 2.30. The molecule has 0 saturated carbocycles. The Morgan fingerprint density at radius 2 is 1.53 bits per heavy atom. The molecule has 0 spiro atoms. The summed E-state index contributed by atoms with van der Waals surface area (Å²) in [6.45, 7) is 0. The zero-order chi connectivity index (χ0) is 13.1. The maximum atomic E-state index is 5.78. The van der Waals surface area contributed by atoms with Crippen molar-refractivity contribution in [2.75, 3.05) is 5.73 Å². The van der Waals surface area contributed by atoms with Crippen molar-refractivity contribution < 1.29 is 0 Å². The van der Waals surface area contributed by atoms with Gasteiger partial charge in [-0.3, -0.25) is 4.98 Å².